The maximum absolute atomic E-state index is 5.42. The molecule has 1 unspecified atom stereocenters. The average Bonchev–Trinajstić information content (AvgIpc) is 2.49. The Morgan fingerprint density at radius 1 is 1.00 bits per heavy atom. The first kappa shape index (κ1) is 14.3. The first-order valence-electron chi connectivity index (χ1n) is 6.69. The van der Waals surface area contributed by atoms with Crippen LogP contribution in [-0.2, 0) is 0 Å². The number of nitrogens with one attached hydrogen (secondary N) is 1. The van der Waals surface area contributed by atoms with Crippen molar-refractivity contribution in [3.63, 3.8) is 0 Å². The standard InChI is InChI=1S/C17H21NO2/c1-12-8-9-16(17(10-12)20-4)18-13(2)14-6-5-7-15(11-14)19-3/h5-11,13,18H,1-4H3. The number of rotatable bonds is 5. The second-order valence-electron chi connectivity index (χ2n) is 4.85. The summed E-state index contributed by atoms with van der Waals surface area (Å²) in [5.74, 6) is 1.73. The molecule has 3 nitrogen and oxygen atoms in total. The van der Waals surface area contributed by atoms with Crippen LogP contribution in [0.4, 0.5) is 5.69 Å². The third-order valence-corrected chi connectivity index (χ3v) is 3.32. The molecule has 0 heterocycles. The molecule has 0 aliphatic heterocycles. The molecule has 106 valence electrons. The molecule has 0 amide bonds. The number of hydrogen-bond acceptors (Lipinski definition) is 3. The lowest BCUT2D eigenvalue weighted by atomic mass is 10.1. The molecular weight excluding hydrogens is 250 g/mol. The van der Waals surface area contributed by atoms with Crippen molar-refractivity contribution in [3.8, 4) is 11.5 Å². The molecule has 1 atom stereocenters. The summed E-state index contributed by atoms with van der Waals surface area (Å²) >= 11 is 0. The van der Waals surface area contributed by atoms with Gasteiger partial charge in [0.15, 0.2) is 0 Å². The third kappa shape index (κ3) is 3.23. The normalized spacial score (nSPS) is 11.8. The number of aryl methyl sites for hydroxylation is 1. The van der Waals surface area contributed by atoms with E-state index < -0.39 is 0 Å². The number of methoxy groups -OCH3 is 2. The van der Waals surface area contributed by atoms with Crippen molar-refractivity contribution in [1.29, 1.82) is 0 Å². The lowest BCUT2D eigenvalue weighted by Crippen LogP contribution is -2.08. The summed E-state index contributed by atoms with van der Waals surface area (Å²) < 4.78 is 10.7. The van der Waals surface area contributed by atoms with Gasteiger partial charge in [-0.1, -0.05) is 18.2 Å². The summed E-state index contributed by atoms with van der Waals surface area (Å²) in [6, 6.07) is 14.4. The molecule has 0 saturated heterocycles. The Bertz CT molecular complexity index is 581. The summed E-state index contributed by atoms with van der Waals surface area (Å²) in [5.41, 5.74) is 3.35. The monoisotopic (exact) mass is 271 g/mol. The van der Waals surface area contributed by atoms with Crippen molar-refractivity contribution in [3.05, 3.63) is 53.6 Å². The smallest absolute Gasteiger partial charge is 0.142 e. The van der Waals surface area contributed by atoms with E-state index in [4.69, 9.17) is 9.47 Å². The minimum absolute atomic E-state index is 0.168. The van der Waals surface area contributed by atoms with Gasteiger partial charge >= 0.3 is 0 Å². The zero-order valence-electron chi connectivity index (χ0n) is 12.4. The average molecular weight is 271 g/mol. The molecular formula is C17H21NO2. The first-order chi connectivity index (χ1) is 9.63. The van der Waals surface area contributed by atoms with E-state index in [-0.39, 0.29) is 6.04 Å². The zero-order chi connectivity index (χ0) is 14.5. The summed E-state index contributed by atoms with van der Waals surface area (Å²) in [6.07, 6.45) is 0. The van der Waals surface area contributed by atoms with E-state index in [2.05, 4.69) is 31.3 Å². The lowest BCUT2D eigenvalue weighted by Gasteiger charge is -2.18. The molecule has 0 saturated carbocycles. The molecule has 3 heteroatoms. The van der Waals surface area contributed by atoms with Gasteiger partial charge in [0.2, 0.25) is 0 Å². The Morgan fingerprint density at radius 2 is 1.80 bits per heavy atom. The van der Waals surface area contributed by atoms with Gasteiger partial charge in [0.1, 0.15) is 11.5 Å². The van der Waals surface area contributed by atoms with Crippen LogP contribution < -0.4 is 14.8 Å². The minimum Gasteiger partial charge on any atom is -0.497 e. The Kier molecular flexibility index (Phi) is 4.51. The predicted octanol–water partition coefficient (Wildman–Crippen LogP) is 4.19. The lowest BCUT2D eigenvalue weighted by molar-refractivity contribution is 0.413. The number of benzene rings is 2. The molecule has 0 aromatic heterocycles. The van der Waals surface area contributed by atoms with Crippen LogP contribution in [0.1, 0.15) is 24.1 Å². The van der Waals surface area contributed by atoms with Crippen LogP contribution in [0.25, 0.3) is 0 Å². The van der Waals surface area contributed by atoms with Gasteiger partial charge in [-0.15, -0.1) is 0 Å². The first-order valence-corrected chi connectivity index (χ1v) is 6.69. The van der Waals surface area contributed by atoms with Gasteiger partial charge in [-0.25, -0.2) is 0 Å². The summed E-state index contributed by atoms with van der Waals surface area (Å²) in [4.78, 5) is 0. The number of anilines is 1. The molecule has 2 aromatic rings. The van der Waals surface area contributed by atoms with Crippen molar-refractivity contribution < 1.29 is 9.47 Å². The summed E-state index contributed by atoms with van der Waals surface area (Å²) in [6.45, 7) is 4.17. The Labute approximate surface area is 120 Å². The van der Waals surface area contributed by atoms with Gasteiger partial charge in [-0.2, -0.15) is 0 Å². The maximum atomic E-state index is 5.42. The fourth-order valence-corrected chi connectivity index (χ4v) is 2.15. The Morgan fingerprint density at radius 3 is 2.50 bits per heavy atom. The quantitative estimate of drug-likeness (QED) is 0.884. The highest BCUT2D eigenvalue weighted by atomic mass is 16.5. The van der Waals surface area contributed by atoms with E-state index in [0.717, 1.165) is 17.2 Å². The van der Waals surface area contributed by atoms with Gasteiger partial charge in [-0.05, 0) is 49.2 Å². The van der Waals surface area contributed by atoms with Crippen LogP contribution in [-0.4, -0.2) is 14.2 Å². The molecule has 0 aliphatic rings. The second-order valence-corrected chi connectivity index (χ2v) is 4.85. The van der Waals surface area contributed by atoms with Crippen LogP contribution in [0.2, 0.25) is 0 Å². The molecule has 0 fully saturated rings. The topological polar surface area (TPSA) is 30.5 Å². The second kappa shape index (κ2) is 6.33. The van der Waals surface area contributed by atoms with Crippen LogP contribution in [0.5, 0.6) is 11.5 Å². The van der Waals surface area contributed by atoms with E-state index in [1.54, 1.807) is 14.2 Å². The fraction of sp³-hybridized carbons (Fsp3) is 0.294. The van der Waals surface area contributed by atoms with E-state index in [1.165, 1.54) is 11.1 Å². The van der Waals surface area contributed by atoms with Gasteiger partial charge in [0, 0.05) is 6.04 Å². The highest BCUT2D eigenvalue weighted by molar-refractivity contribution is 5.58. The molecule has 2 rings (SSSR count). The van der Waals surface area contributed by atoms with Crippen LogP contribution >= 0.6 is 0 Å². The molecule has 0 radical (unpaired) electrons. The van der Waals surface area contributed by atoms with E-state index >= 15 is 0 Å². The van der Waals surface area contributed by atoms with Gasteiger partial charge in [-0.3, -0.25) is 0 Å². The molecule has 0 bridgehead atoms. The predicted molar refractivity (Wildman–Crippen MR) is 82.8 cm³/mol. The van der Waals surface area contributed by atoms with Gasteiger partial charge in [0.25, 0.3) is 0 Å². The maximum Gasteiger partial charge on any atom is 0.142 e. The van der Waals surface area contributed by atoms with E-state index in [1.807, 2.05) is 30.3 Å². The summed E-state index contributed by atoms with van der Waals surface area (Å²) in [5, 5.41) is 3.48. The van der Waals surface area contributed by atoms with Crippen molar-refractivity contribution in [2.75, 3.05) is 19.5 Å². The van der Waals surface area contributed by atoms with Crippen molar-refractivity contribution in [2.45, 2.75) is 19.9 Å². The van der Waals surface area contributed by atoms with Crippen LogP contribution in [0.3, 0.4) is 0 Å². The fourth-order valence-electron chi connectivity index (χ4n) is 2.15. The molecule has 20 heavy (non-hydrogen) atoms. The highest BCUT2D eigenvalue weighted by Gasteiger charge is 2.09. The van der Waals surface area contributed by atoms with Crippen LogP contribution in [0, 0.1) is 6.92 Å². The van der Waals surface area contributed by atoms with Crippen LogP contribution in [0.15, 0.2) is 42.5 Å². The van der Waals surface area contributed by atoms with E-state index in [9.17, 15) is 0 Å². The van der Waals surface area contributed by atoms with Crippen molar-refractivity contribution in [2.24, 2.45) is 0 Å². The largest absolute Gasteiger partial charge is 0.497 e. The molecule has 0 aliphatic carbocycles. The van der Waals surface area contributed by atoms with Crippen molar-refractivity contribution in [1.82, 2.24) is 0 Å². The van der Waals surface area contributed by atoms with E-state index in [0.29, 0.717) is 0 Å². The van der Waals surface area contributed by atoms with Gasteiger partial charge in [0.05, 0.1) is 19.9 Å². The minimum atomic E-state index is 0.168. The third-order valence-electron chi connectivity index (χ3n) is 3.32. The summed E-state index contributed by atoms with van der Waals surface area (Å²) in [7, 11) is 3.37. The molecule has 0 spiro atoms. The highest BCUT2D eigenvalue weighted by Crippen LogP contribution is 2.29. The Balaban J connectivity index is 2.20. The Hall–Kier alpha value is -2.16. The number of ether oxygens (including phenoxy) is 2. The SMILES string of the molecule is COc1cccc(C(C)Nc2ccc(C)cc2OC)c1. The zero-order valence-corrected chi connectivity index (χ0v) is 12.4. The molecule has 1 N–H and O–H groups in total. The van der Waals surface area contributed by atoms with Crippen molar-refractivity contribution >= 4 is 5.69 Å². The van der Waals surface area contributed by atoms with Gasteiger partial charge < -0.3 is 14.8 Å². The molecule has 2 aromatic carbocycles. The number of hydrogen-bond donors (Lipinski definition) is 1.